The average molecular weight is 453 g/mol. The van der Waals surface area contributed by atoms with Gasteiger partial charge in [-0.25, -0.2) is 9.78 Å². The van der Waals surface area contributed by atoms with E-state index in [1.807, 2.05) is 24.3 Å². The SMILES string of the molecule is COc1ccc(CNC(=O)NC2CCC(Nc3nc4c(c(N(C)C)n3)CCCC4)CC2)cc1. The minimum Gasteiger partial charge on any atom is -0.497 e. The molecule has 0 spiro atoms. The number of hydrogen-bond acceptors (Lipinski definition) is 6. The van der Waals surface area contributed by atoms with Crippen LogP contribution in [0.25, 0.3) is 0 Å². The number of carbonyl (C=O) groups excluding carboxylic acids is 1. The summed E-state index contributed by atoms with van der Waals surface area (Å²) in [5.41, 5.74) is 3.55. The molecule has 2 aliphatic rings. The van der Waals surface area contributed by atoms with Crippen LogP contribution in [0.15, 0.2) is 24.3 Å². The second-order valence-corrected chi connectivity index (χ2v) is 9.27. The zero-order valence-electron chi connectivity index (χ0n) is 20.0. The van der Waals surface area contributed by atoms with E-state index in [4.69, 9.17) is 14.7 Å². The van der Waals surface area contributed by atoms with Crippen molar-refractivity contribution in [1.29, 1.82) is 0 Å². The number of aromatic nitrogens is 2. The number of carbonyl (C=O) groups is 1. The molecule has 3 N–H and O–H groups in total. The van der Waals surface area contributed by atoms with Gasteiger partial charge in [-0.05, 0) is 69.1 Å². The zero-order chi connectivity index (χ0) is 23.2. The van der Waals surface area contributed by atoms with E-state index < -0.39 is 0 Å². The first-order chi connectivity index (χ1) is 16.0. The molecule has 2 amide bonds. The first-order valence-corrected chi connectivity index (χ1v) is 12.0. The van der Waals surface area contributed by atoms with Gasteiger partial charge in [0.15, 0.2) is 0 Å². The number of ether oxygens (including phenoxy) is 1. The summed E-state index contributed by atoms with van der Waals surface area (Å²) in [7, 11) is 5.75. The fraction of sp³-hybridized carbons (Fsp3) is 0.560. The van der Waals surface area contributed by atoms with E-state index in [0.717, 1.165) is 61.6 Å². The molecule has 1 aromatic carbocycles. The Morgan fingerprint density at radius 1 is 1.03 bits per heavy atom. The fourth-order valence-corrected chi connectivity index (χ4v) is 4.74. The monoisotopic (exact) mass is 452 g/mol. The van der Waals surface area contributed by atoms with Gasteiger partial charge in [0.1, 0.15) is 11.6 Å². The van der Waals surface area contributed by atoms with Crippen LogP contribution in [-0.2, 0) is 19.4 Å². The van der Waals surface area contributed by atoms with Crippen molar-refractivity contribution in [3.05, 3.63) is 41.1 Å². The maximum Gasteiger partial charge on any atom is 0.315 e. The van der Waals surface area contributed by atoms with Crippen molar-refractivity contribution in [2.24, 2.45) is 0 Å². The van der Waals surface area contributed by atoms with Gasteiger partial charge in [-0.15, -0.1) is 0 Å². The lowest BCUT2D eigenvalue weighted by Crippen LogP contribution is -2.44. The quantitative estimate of drug-likeness (QED) is 0.594. The summed E-state index contributed by atoms with van der Waals surface area (Å²) >= 11 is 0. The Morgan fingerprint density at radius 3 is 2.42 bits per heavy atom. The molecule has 0 unspecified atom stereocenters. The molecule has 4 rings (SSSR count). The van der Waals surface area contributed by atoms with Gasteiger partial charge in [0, 0.05) is 38.3 Å². The van der Waals surface area contributed by atoms with Crippen LogP contribution in [0.1, 0.15) is 55.3 Å². The number of rotatable bonds is 7. The highest BCUT2D eigenvalue weighted by Gasteiger charge is 2.24. The van der Waals surface area contributed by atoms with E-state index in [-0.39, 0.29) is 12.1 Å². The molecule has 0 atom stereocenters. The number of hydrogen-bond donors (Lipinski definition) is 3. The van der Waals surface area contributed by atoms with Gasteiger partial charge >= 0.3 is 6.03 Å². The smallest absolute Gasteiger partial charge is 0.315 e. The number of nitrogens with one attached hydrogen (secondary N) is 3. The third-order valence-corrected chi connectivity index (χ3v) is 6.59. The second-order valence-electron chi connectivity index (χ2n) is 9.27. The van der Waals surface area contributed by atoms with Crippen LogP contribution in [-0.4, -0.2) is 49.3 Å². The van der Waals surface area contributed by atoms with Crippen LogP contribution in [0, 0.1) is 0 Å². The lowest BCUT2D eigenvalue weighted by atomic mass is 9.91. The van der Waals surface area contributed by atoms with Crippen LogP contribution in [0.2, 0.25) is 0 Å². The van der Waals surface area contributed by atoms with E-state index in [9.17, 15) is 4.79 Å². The standard InChI is InChI=1S/C25H36N6O2/c1-31(2)23-21-6-4-5-7-22(21)29-24(30-23)27-18-10-12-19(13-11-18)28-25(32)26-16-17-8-14-20(33-3)15-9-17/h8-9,14-15,18-19H,4-7,10-13,16H2,1-3H3,(H2,26,28,32)(H,27,29,30). The van der Waals surface area contributed by atoms with Crippen molar-refractivity contribution in [3.8, 4) is 5.75 Å². The van der Waals surface area contributed by atoms with Crippen molar-refractivity contribution >= 4 is 17.8 Å². The molecule has 2 aromatic rings. The predicted molar refractivity (Wildman–Crippen MR) is 131 cm³/mol. The number of anilines is 2. The number of nitrogens with zero attached hydrogens (tertiary/aromatic N) is 3. The van der Waals surface area contributed by atoms with Crippen molar-refractivity contribution in [2.45, 2.75) is 70.0 Å². The fourth-order valence-electron chi connectivity index (χ4n) is 4.74. The third-order valence-electron chi connectivity index (χ3n) is 6.59. The Morgan fingerprint density at radius 2 is 1.73 bits per heavy atom. The molecule has 1 saturated carbocycles. The maximum absolute atomic E-state index is 12.3. The van der Waals surface area contributed by atoms with Gasteiger partial charge in [0.2, 0.25) is 5.95 Å². The topological polar surface area (TPSA) is 91.4 Å². The molecular weight excluding hydrogens is 416 g/mol. The summed E-state index contributed by atoms with van der Waals surface area (Å²) in [5, 5.41) is 9.64. The number of fused-ring (bicyclic) bond motifs is 1. The number of benzene rings is 1. The molecular formula is C25H36N6O2. The van der Waals surface area contributed by atoms with Crippen molar-refractivity contribution in [2.75, 3.05) is 31.4 Å². The van der Waals surface area contributed by atoms with Crippen molar-refractivity contribution in [1.82, 2.24) is 20.6 Å². The van der Waals surface area contributed by atoms with Gasteiger partial charge in [0.05, 0.1) is 12.8 Å². The molecule has 0 saturated heterocycles. The number of amides is 2. The Bertz CT molecular complexity index is 939. The molecule has 178 valence electrons. The summed E-state index contributed by atoms with van der Waals surface area (Å²) < 4.78 is 5.17. The maximum atomic E-state index is 12.3. The lowest BCUT2D eigenvalue weighted by molar-refractivity contribution is 0.231. The summed E-state index contributed by atoms with van der Waals surface area (Å²) in [6.07, 6.45) is 8.39. The highest BCUT2D eigenvalue weighted by molar-refractivity contribution is 5.74. The van der Waals surface area contributed by atoms with Crippen molar-refractivity contribution < 1.29 is 9.53 Å². The summed E-state index contributed by atoms with van der Waals surface area (Å²) in [4.78, 5) is 24.1. The Kier molecular flexibility index (Phi) is 7.52. The summed E-state index contributed by atoms with van der Waals surface area (Å²) in [6, 6.07) is 8.13. The summed E-state index contributed by atoms with van der Waals surface area (Å²) in [6.45, 7) is 0.497. The Hall–Kier alpha value is -3.03. The third kappa shape index (κ3) is 6.06. The molecule has 1 aromatic heterocycles. The van der Waals surface area contributed by atoms with E-state index in [2.05, 4.69) is 34.9 Å². The van der Waals surface area contributed by atoms with Gasteiger partial charge in [0.25, 0.3) is 0 Å². The van der Waals surface area contributed by atoms with E-state index >= 15 is 0 Å². The molecule has 33 heavy (non-hydrogen) atoms. The molecule has 8 nitrogen and oxygen atoms in total. The van der Waals surface area contributed by atoms with Crippen LogP contribution >= 0.6 is 0 Å². The van der Waals surface area contributed by atoms with E-state index in [0.29, 0.717) is 12.6 Å². The number of methoxy groups -OCH3 is 1. The summed E-state index contributed by atoms with van der Waals surface area (Å²) in [5.74, 6) is 2.60. The first-order valence-electron chi connectivity index (χ1n) is 12.0. The van der Waals surface area contributed by atoms with Gasteiger partial charge in [-0.1, -0.05) is 12.1 Å². The molecule has 0 aliphatic heterocycles. The minimum absolute atomic E-state index is 0.115. The number of urea groups is 1. The normalized spacial score (nSPS) is 19.8. The largest absolute Gasteiger partial charge is 0.497 e. The molecule has 1 fully saturated rings. The minimum atomic E-state index is -0.115. The molecule has 0 bridgehead atoms. The molecule has 0 radical (unpaired) electrons. The molecule has 1 heterocycles. The molecule has 2 aliphatic carbocycles. The molecule has 8 heteroatoms. The highest BCUT2D eigenvalue weighted by Crippen LogP contribution is 2.29. The Labute approximate surface area is 196 Å². The van der Waals surface area contributed by atoms with Crippen molar-refractivity contribution in [3.63, 3.8) is 0 Å². The second kappa shape index (κ2) is 10.7. The average Bonchev–Trinajstić information content (AvgIpc) is 2.83. The van der Waals surface area contributed by atoms with Gasteiger partial charge in [-0.2, -0.15) is 4.98 Å². The highest BCUT2D eigenvalue weighted by atomic mass is 16.5. The Balaban J connectivity index is 1.24. The van der Waals surface area contributed by atoms with Gasteiger partial charge < -0.3 is 25.6 Å². The zero-order valence-corrected chi connectivity index (χ0v) is 20.0. The van der Waals surface area contributed by atoms with E-state index in [1.54, 1.807) is 7.11 Å². The van der Waals surface area contributed by atoms with Crippen LogP contribution in [0.5, 0.6) is 5.75 Å². The van der Waals surface area contributed by atoms with Crippen LogP contribution in [0.4, 0.5) is 16.6 Å². The number of aryl methyl sites for hydroxylation is 1. The van der Waals surface area contributed by atoms with E-state index in [1.165, 1.54) is 24.1 Å². The first kappa shape index (κ1) is 23.1. The van der Waals surface area contributed by atoms with Crippen LogP contribution < -0.4 is 25.6 Å². The predicted octanol–water partition coefficient (Wildman–Crippen LogP) is 3.65. The lowest BCUT2D eigenvalue weighted by Gasteiger charge is -2.30. The van der Waals surface area contributed by atoms with Gasteiger partial charge in [-0.3, -0.25) is 0 Å². The van der Waals surface area contributed by atoms with Crippen LogP contribution in [0.3, 0.4) is 0 Å².